The molecule has 0 atom stereocenters. The van der Waals surface area contributed by atoms with Gasteiger partial charge in [0.05, 0.1) is 0 Å². The summed E-state index contributed by atoms with van der Waals surface area (Å²) in [6.07, 6.45) is 11.4. The lowest BCUT2D eigenvalue weighted by Crippen LogP contribution is -2.52. The Balaban J connectivity index is 1.96. The number of carbonyl (C=O) groups is 1. The lowest BCUT2D eigenvalue weighted by atomic mass is 9.44. The highest BCUT2D eigenvalue weighted by atomic mass is 16.4. The van der Waals surface area contributed by atoms with Gasteiger partial charge in [-0.05, 0) is 74.5 Å². The highest BCUT2D eigenvalue weighted by Gasteiger charge is 2.55. The van der Waals surface area contributed by atoms with Crippen LogP contribution < -0.4 is 0 Å². The van der Waals surface area contributed by atoms with Gasteiger partial charge in [-0.25, -0.2) is 4.79 Å². The number of hydrogen-bond acceptors (Lipinski definition) is 1. The first-order valence-electron chi connectivity index (χ1n) is 7.98. The van der Waals surface area contributed by atoms with Crippen LogP contribution in [0.5, 0.6) is 0 Å². The Hall–Kier alpha value is -0.790. The number of hydrogen-bond donors (Lipinski definition) is 1. The zero-order chi connectivity index (χ0) is 13.6. The third-order valence-electron chi connectivity index (χ3n) is 6.16. The van der Waals surface area contributed by atoms with Crippen molar-refractivity contribution in [2.45, 2.75) is 58.8 Å². The first kappa shape index (κ1) is 13.2. The summed E-state index contributed by atoms with van der Waals surface area (Å²) in [6, 6.07) is 0. The van der Waals surface area contributed by atoms with Crippen molar-refractivity contribution < 1.29 is 9.90 Å². The lowest BCUT2D eigenvalue weighted by Gasteiger charge is -2.61. The lowest BCUT2D eigenvalue weighted by molar-refractivity contribution is -0.133. The van der Waals surface area contributed by atoms with E-state index in [2.05, 4.69) is 13.0 Å². The number of allylic oxidation sites excluding steroid dienone is 1. The zero-order valence-corrected chi connectivity index (χ0v) is 12.2. The zero-order valence-electron chi connectivity index (χ0n) is 12.2. The summed E-state index contributed by atoms with van der Waals surface area (Å²) in [5.74, 6) is 2.69. The van der Waals surface area contributed by atoms with Crippen LogP contribution in [-0.2, 0) is 4.79 Å². The normalized spacial score (nSPS) is 44.6. The molecule has 4 aliphatic carbocycles. The minimum atomic E-state index is -0.732. The molecule has 0 radical (unpaired) electrons. The SMILES string of the molecule is CCCC1(C=C(C)C(=O)O)C2CC3CC(C2)CC1C3. The second kappa shape index (κ2) is 4.64. The molecule has 0 saturated heterocycles. The summed E-state index contributed by atoms with van der Waals surface area (Å²) in [5.41, 5.74) is 0.783. The monoisotopic (exact) mass is 262 g/mol. The van der Waals surface area contributed by atoms with Crippen LogP contribution in [0.3, 0.4) is 0 Å². The summed E-state index contributed by atoms with van der Waals surface area (Å²) >= 11 is 0. The summed E-state index contributed by atoms with van der Waals surface area (Å²) < 4.78 is 0. The molecule has 4 rings (SSSR count). The largest absolute Gasteiger partial charge is 0.478 e. The molecule has 1 N–H and O–H groups in total. The molecule has 4 saturated carbocycles. The Morgan fingerprint density at radius 2 is 1.68 bits per heavy atom. The third-order valence-corrected chi connectivity index (χ3v) is 6.16. The quantitative estimate of drug-likeness (QED) is 0.769. The van der Waals surface area contributed by atoms with Gasteiger partial charge in [0.2, 0.25) is 0 Å². The minimum Gasteiger partial charge on any atom is -0.478 e. The molecule has 106 valence electrons. The third kappa shape index (κ3) is 2.04. The molecular weight excluding hydrogens is 236 g/mol. The second-order valence-corrected chi connectivity index (χ2v) is 7.30. The van der Waals surface area contributed by atoms with Crippen LogP contribution in [0.15, 0.2) is 11.6 Å². The van der Waals surface area contributed by atoms with E-state index in [1.807, 2.05) is 0 Å². The van der Waals surface area contributed by atoms with Crippen LogP contribution in [0.25, 0.3) is 0 Å². The van der Waals surface area contributed by atoms with Crippen LogP contribution in [0, 0.1) is 29.1 Å². The van der Waals surface area contributed by atoms with Crippen LogP contribution in [0.2, 0.25) is 0 Å². The minimum absolute atomic E-state index is 0.213. The van der Waals surface area contributed by atoms with Gasteiger partial charge < -0.3 is 5.11 Å². The fourth-order valence-electron chi connectivity index (χ4n) is 5.68. The Bertz CT molecular complexity index is 379. The van der Waals surface area contributed by atoms with Crippen molar-refractivity contribution in [3.8, 4) is 0 Å². The summed E-state index contributed by atoms with van der Waals surface area (Å²) in [7, 11) is 0. The molecule has 0 aromatic rings. The van der Waals surface area contributed by atoms with E-state index < -0.39 is 5.97 Å². The fourth-order valence-corrected chi connectivity index (χ4v) is 5.68. The van der Waals surface area contributed by atoms with Gasteiger partial charge in [-0.1, -0.05) is 19.4 Å². The Morgan fingerprint density at radius 3 is 2.11 bits per heavy atom. The highest BCUT2D eigenvalue weighted by molar-refractivity contribution is 5.85. The molecule has 2 heteroatoms. The molecule has 19 heavy (non-hydrogen) atoms. The van der Waals surface area contributed by atoms with Gasteiger partial charge >= 0.3 is 5.97 Å². The van der Waals surface area contributed by atoms with Crippen molar-refractivity contribution in [3.63, 3.8) is 0 Å². The second-order valence-electron chi connectivity index (χ2n) is 7.30. The molecule has 0 heterocycles. The maximum atomic E-state index is 11.2. The molecule has 0 spiro atoms. The van der Waals surface area contributed by atoms with Gasteiger partial charge in [0.1, 0.15) is 0 Å². The molecule has 0 aromatic carbocycles. The van der Waals surface area contributed by atoms with Crippen molar-refractivity contribution in [1.29, 1.82) is 0 Å². The van der Waals surface area contributed by atoms with Crippen LogP contribution in [-0.4, -0.2) is 11.1 Å². The number of carboxylic acids is 1. The van der Waals surface area contributed by atoms with Gasteiger partial charge in [0, 0.05) is 5.57 Å². The molecule has 4 fully saturated rings. The van der Waals surface area contributed by atoms with Crippen molar-refractivity contribution in [2.75, 3.05) is 0 Å². The Morgan fingerprint density at radius 1 is 1.16 bits per heavy atom. The standard InChI is InChI=1S/C17H26O2/c1-3-4-17(10-11(2)16(18)19)14-6-12-5-13(8-14)9-15(17)7-12/h10,12-15H,3-9H2,1-2H3,(H,18,19). The molecular formula is C17H26O2. The summed E-state index contributed by atoms with van der Waals surface area (Å²) in [6.45, 7) is 4.03. The van der Waals surface area contributed by atoms with Gasteiger partial charge in [-0.3, -0.25) is 0 Å². The van der Waals surface area contributed by atoms with Crippen LogP contribution in [0.4, 0.5) is 0 Å². The fraction of sp³-hybridized carbons (Fsp3) is 0.824. The van der Waals surface area contributed by atoms with E-state index in [1.165, 1.54) is 44.9 Å². The maximum Gasteiger partial charge on any atom is 0.330 e. The van der Waals surface area contributed by atoms with E-state index in [1.54, 1.807) is 6.92 Å². The predicted molar refractivity (Wildman–Crippen MR) is 75.8 cm³/mol. The van der Waals surface area contributed by atoms with E-state index in [0.717, 1.165) is 23.7 Å². The highest BCUT2D eigenvalue weighted by Crippen LogP contribution is 2.64. The van der Waals surface area contributed by atoms with Crippen molar-refractivity contribution in [3.05, 3.63) is 11.6 Å². The number of rotatable bonds is 4. The van der Waals surface area contributed by atoms with Crippen molar-refractivity contribution in [2.24, 2.45) is 29.1 Å². The van der Waals surface area contributed by atoms with Gasteiger partial charge in [0.15, 0.2) is 0 Å². The van der Waals surface area contributed by atoms with E-state index in [4.69, 9.17) is 0 Å². The molecule has 4 bridgehead atoms. The number of carboxylic acid groups (broad SMARTS) is 1. The molecule has 0 amide bonds. The Labute approximate surface area is 116 Å². The smallest absolute Gasteiger partial charge is 0.330 e. The molecule has 0 aliphatic heterocycles. The maximum absolute atomic E-state index is 11.2. The summed E-state index contributed by atoms with van der Waals surface area (Å²) in [4.78, 5) is 11.2. The van der Waals surface area contributed by atoms with Crippen molar-refractivity contribution >= 4 is 5.97 Å². The van der Waals surface area contributed by atoms with Gasteiger partial charge in [-0.2, -0.15) is 0 Å². The topological polar surface area (TPSA) is 37.3 Å². The van der Waals surface area contributed by atoms with Crippen LogP contribution >= 0.6 is 0 Å². The van der Waals surface area contributed by atoms with Gasteiger partial charge in [0.25, 0.3) is 0 Å². The first-order valence-corrected chi connectivity index (χ1v) is 7.98. The van der Waals surface area contributed by atoms with Crippen molar-refractivity contribution in [1.82, 2.24) is 0 Å². The molecule has 0 aromatic heterocycles. The summed E-state index contributed by atoms with van der Waals surface area (Å²) in [5, 5.41) is 9.25. The van der Waals surface area contributed by atoms with Gasteiger partial charge in [-0.15, -0.1) is 0 Å². The van der Waals surface area contributed by atoms with E-state index >= 15 is 0 Å². The average Bonchev–Trinajstić information content (AvgIpc) is 2.34. The van der Waals surface area contributed by atoms with E-state index in [0.29, 0.717) is 5.57 Å². The Kier molecular flexibility index (Phi) is 3.23. The van der Waals surface area contributed by atoms with E-state index in [9.17, 15) is 9.90 Å². The molecule has 2 nitrogen and oxygen atoms in total. The van der Waals surface area contributed by atoms with E-state index in [-0.39, 0.29) is 5.41 Å². The molecule has 4 aliphatic rings. The average molecular weight is 262 g/mol. The number of aliphatic carboxylic acids is 1. The van der Waals surface area contributed by atoms with Crippen LogP contribution in [0.1, 0.15) is 58.8 Å². The molecule has 0 unspecified atom stereocenters. The first-order chi connectivity index (χ1) is 9.05. The predicted octanol–water partition coefficient (Wildman–Crippen LogP) is 4.26.